The van der Waals surface area contributed by atoms with Crippen molar-refractivity contribution in [3.63, 3.8) is 0 Å². The second kappa shape index (κ2) is 3.65. The molecule has 62 valence electrons. The van der Waals surface area contributed by atoms with Crippen LogP contribution in [0.4, 0.5) is 0 Å². The maximum atomic E-state index is 5.80. The monoisotopic (exact) mass is 178 g/mol. The quantitative estimate of drug-likeness (QED) is 0.483. The maximum absolute atomic E-state index is 5.80. The molecule has 0 amide bonds. The summed E-state index contributed by atoms with van der Waals surface area (Å²) in [6.07, 6.45) is 5.42. The average Bonchev–Trinajstić information content (AvgIpc) is 2.18. The van der Waals surface area contributed by atoms with E-state index in [9.17, 15) is 0 Å². The molecule has 0 bridgehead atoms. The number of benzene rings is 1. The lowest BCUT2D eigenvalue weighted by molar-refractivity contribution is 0.708. The molecule has 12 heavy (non-hydrogen) atoms. The van der Waals surface area contributed by atoms with Crippen LogP contribution in [-0.2, 0) is 5.41 Å². The first kappa shape index (κ1) is 9.16. The van der Waals surface area contributed by atoms with E-state index in [-0.39, 0.29) is 5.41 Å². The maximum Gasteiger partial charge on any atom is 0.0667 e. The summed E-state index contributed by atoms with van der Waals surface area (Å²) in [5.41, 5.74) is 0.769. The second-order valence-electron chi connectivity index (χ2n) is 2.98. The van der Waals surface area contributed by atoms with Crippen molar-refractivity contribution < 1.29 is 0 Å². The van der Waals surface area contributed by atoms with Gasteiger partial charge in [0.2, 0.25) is 0 Å². The summed E-state index contributed by atoms with van der Waals surface area (Å²) in [6.45, 7) is 1.97. The Bertz CT molecular complexity index is 284. The molecule has 0 spiro atoms. The lowest BCUT2D eigenvalue weighted by Crippen LogP contribution is -2.21. The Kier molecular flexibility index (Phi) is 2.78. The van der Waals surface area contributed by atoms with Gasteiger partial charge in [-0.15, -0.1) is 18.0 Å². The van der Waals surface area contributed by atoms with E-state index >= 15 is 0 Å². The van der Waals surface area contributed by atoms with Crippen molar-refractivity contribution >= 4 is 11.6 Å². The van der Waals surface area contributed by atoms with Gasteiger partial charge in [-0.1, -0.05) is 36.3 Å². The van der Waals surface area contributed by atoms with Gasteiger partial charge in [0.15, 0.2) is 0 Å². The number of halogens is 1. The van der Waals surface area contributed by atoms with Crippen LogP contribution >= 0.6 is 11.6 Å². The number of alkyl halides is 1. The summed E-state index contributed by atoms with van der Waals surface area (Å²) < 4.78 is 0. The van der Waals surface area contributed by atoms with Gasteiger partial charge in [0.1, 0.15) is 0 Å². The van der Waals surface area contributed by atoms with Crippen LogP contribution in [0.1, 0.15) is 12.5 Å². The fourth-order valence-corrected chi connectivity index (χ4v) is 1.24. The van der Waals surface area contributed by atoms with Crippen molar-refractivity contribution in [2.24, 2.45) is 0 Å². The highest BCUT2D eigenvalue weighted by molar-refractivity contribution is 6.19. The minimum Gasteiger partial charge on any atom is -0.125 e. The van der Waals surface area contributed by atoms with Gasteiger partial charge in [-0.05, 0) is 12.5 Å². The van der Waals surface area contributed by atoms with Crippen LogP contribution in [0.25, 0.3) is 0 Å². The Morgan fingerprint density at radius 1 is 1.42 bits per heavy atom. The molecule has 0 fully saturated rings. The van der Waals surface area contributed by atoms with Crippen molar-refractivity contribution in [3.05, 3.63) is 35.9 Å². The topological polar surface area (TPSA) is 0 Å². The van der Waals surface area contributed by atoms with E-state index in [1.54, 1.807) is 0 Å². The minimum absolute atomic E-state index is 0.331. The molecule has 1 unspecified atom stereocenters. The Labute approximate surface area is 78.6 Å². The first-order chi connectivity index (χ1) is 5.73. The number of hydrogen-bond acceptors (Lipinski definition) is 0. The molecule has 0 aliphatic rings. The third-order valence-corrected chi connectivity index (χ3v) is 2.53. The summed E-state index contributed by atoms with van der Waals surface area (Å²) in [6, 6.07) is 9.91. The van der Waals surface area contributed by atoms with E-state index in [0.717, 1.165) is 5.56 Å². The van der Waals surface area contributed by atoms with Crippen molar-refractivity contribution in [1.29, 1.82) is 0 Å². The van der Waals surface area contributed by atoms with Gasteiger partial charge in [-0.3, -0.25) is 0 Å². The third-order valence-electron chi connectivity index (χ3n) is 2.00. The third kappa shape index (κ3) is 1.62. The first-order valence-electron chi connectivity index (χ1n) is 3.82. The molecule has 1 heteroatoms. The predicted molar refractivity (Wildman–Crippen MR) is 53.3 cm³/mol. The van der Waals surface area contributed by atoms with Gasteiger partial charge < -0.3 is 0 Å². The molecule has 0 radical (unpaired) electrons. The normalized spacial score (nSPS) is 14.8. The minimum atomic E-state index is -0.331. The van der Waals surface area contributed by atoms with Crippen LogP contribution in [0, 0.1) is 12.3 Å². The number of hydrogen-bond donors (Lipinski definition) is 0. The summed E-state index contributed by atoms with van der Waals surface area (Å²) in [5.74, 6) is 3.16. The standard InChI is InChI=1S/C11H11Cl/c1-3-11(2,9-12)10-7-5-4-6-8-10/h1,4-8H,9H2,2H3. The first-order valence-corrected chi connectivity index (χ1v) is 4.35. The van der Waals surface area contributed by atoms with Gasteiger partial charge in [0.25, 0.3) is 0 Å². The van der Waals surface area contributed by atoms with Crippen LogP contribution < -0.4 is 0 Å². The molecule has 0 heterocycles. The highest BCUT2D eigenvalue weighted by atomic mass is 35.5. The number of rotatable bonds is 2. The van der Waals surface area contributed by atoms with Gasteiger partial charge in [0.05, 0.1) is 5.41 Å². The van der Waals surface area contributed by atoms with E-state index in [1.165, 1.54) is 0 Å². The van der Waals surface area contributed by atoms with E-state index in [0.29, 0.717) is 5.88 Å². The fourth-order valence-electron chi connectivity index (χ4n) is 1.01. The van der Waals surface area contributed by atoms with E-state index < -0.39 is 0 Å². The highest BCUT2D eigenvalue weighted by Gasteiger charge is 2.21. The van der Waals surface area contributed by atoms with Gasteiger partial charge in [-0.2, -0.15) is 0 Å². The Hall–Kier alpha value is -0.930. The molecule has 0 saturated carbocycles. The molecular formula is C11H11Cl. The van der Waals surface area contributed by atoms with Crippen LogP contribution in [0.5, 0.6) is 0 Å². The predicted octanol–water partition coefficient (Wildman–Crippen LogP) is 2.82. The average molecular weight is 179 g/mol. The Balaban J connectivity index is 3.06. The smallest absolute Gasteiger partial charge is 0.0667 e. The lowest BCUT2D eigenvalue weighted by Gasteiger charge is -2.20. The summed E-state index contributed by atoms with van der Waals surface area (Å²) in [5, 5.41) is 0. The second-order valence-corrected chi connectivity index (χ2v) is 3.24. The zero-order chi connectivity index (χ0) is 9.03. The molecule has 1 aromatic carbocycles. The molecule has 1 aromatic rings. The van der Waals surface area contributed by atoms with Crippen molar-refractivity contribution in [2.45, 2.75) is 12.3 Å². The van der Waals surface area contributed by atoms with Crippen molar-refractivity contribution in [2.75, 3.05) is 5.88 Å². The van der Waals surface area contributed by atoms with Crippen molar-refractivity contribution in [1.82, 2.24) is 0 Å². The molecule has 1 atom stereocenters. The molecule has 0 nitrogen and oxygen atoms in total. The van der Waals surface area contributed by atoms with E-state index in [2.05, 4.69) is 5.92 Å². The SMILES string of the molecule is C#CC(C)(CCl)c1ccccc1. The van der Waals surface area contributed by atoms with Crippen LogP contribution in [0.2, 0.25) is 0 Å². The lowest BCUT2D eigenvalue weighted by atomic mass is 9.86. The summed E-state index contributed by atoms with van der Waals surface area (Å²) in [7, 11) is 0. The van der Waals surface area contributed by atoms with Crippen LogP contribution in [0.15, 0.2) is 30.3 Å². The largest absolute Gasteiger partial charge is 0.125 e. The zero-order valence-corrected chi connectivity index (χ0v) is 7.81. The molecule has 1 rings (SSSR count). The number of terminal acetylenes is 1. The Morgan fingerprint density at radius 3 is 2.42 bits per heavy atom. The van der Waals surface area contributed by atoms with E-state index in [1.807, 2.05) is 37.3 Å². The molecule has 0 saturated heterocycles. The highest BCUT2D eigenvalue weighted by Crippen LogP contribution is 2.23. The van der Waals surface area contributed by atoms with Gasteiger partial charge in [-0.25, -0.2) is 0 Å². The van der Waals surface area contributed by atoms with Crippen LogP contribution in [-0.4, -0.2) is 5.88 Å². The summed E-state index contributed by atoms with van der Waals surface area (Å²) >= 11 is 5.80. The summed E-state index contributed by atoms with van der Waals surface area (Å²) in [4.78, 5) is 0. The molecular weight excluding hydrogens is 168 g/mol. The molecule has 0 aromatic heterocycles. The van der Waals surface area contributed by atoms with E-state index in [4.69, 9.17) is 18.0 Å². The van der Waals surface area contributed by atoms with Gasteiger partial charge in [0, 0.05) is 5.88 Å². The molecule has 0 aliphatic carbocycles. The van der Waals surface area contributed by atoms with Gasteiger partial charge >= 0.3 is 0 Å². The van der Waals surface area contributed by atoms with Crippen molar-refractivity contribution in [3.8, 4) is 12.3 Å². The molecule has 0 N–H and O–H groups in total. The zero-order valence-electron chi connectivity index (χ0n) is 7.05. The van der Waals surface area contributed by atoms with Crippen LogP contribution in [0.3, 0.4) is 0 Å². The molecule has 0 aliphatic heterocycles. The fraction of sp³-hybridized carbons (Fsp3) is 0.273. The Morgan fingerprint density at radius 2 is 2.00 bits per heavy atom.